The Bertz CT molecular complexity index is 1300. The van der Waals surface area contributed by atoms with E-state index in [1.54, 1.807) is 0 Å². The van der Waals surface area contributed by atoms with Gasteiger partial charge in [0.15, 0.2) is 5.17 Å². The molecule has 0 unspecified atom stereocenters. The summed E-state index contributed by atoms with van der Waals surface area (Å²) in [6.07, 6.45) is -0.0583. The number of thioether (sulfide) groups is 1. The normalized spacial score (nSPS) is 16.3. The lowest BCUT2D eigenvalue weighted by molar-refractivity contribution is -0.121. The average molecular weight is 585 g/mol. The van der Waals surface area contributed by atoms with Crippen molar-refractivity contribution in [2.24, 2.45) is 4.99 Å². The molecule has 1 heterocycles. The zero-order valence-electron chi connectivity index (χ0n) is 18.8. The summed E-state index contributed by atoms with van der Waals surface area (Å²) in [7, 11) is 0. The predicted molar refractivity (Wildman–Crippen MR) is 144 cm³/mol. The molecule has 6 nitrogen and oxygen atoms in total. The van der Waals surface area contributed by atoms with E-state index in [0.29, 0.717) is 27.4 Å². The van der Waals surface area contributed by atoms with E-state index in [2.05, 4.69) is 15.0 Å². The number of amides is 2. The summed E-state index contributed by atoms with van der Waals surface area (Å²) in [6, 6.07) is 19.6. The van der Waals surface area contributed by atoms with Crippen molar-refractivity contribution in [3.63, 3.8) is 0 Å². The molecule has 1 atom stereocenters. The van der Waals surface area contributed by atoms with Crippen LogP contribution in [0, 0.1) is 0 Å². The van der Waals surface area contributed by atoms with Gasteiger partial charge in [-0.15, -0.1) is 8.78 Å². The van der Waals surface area contributed by atoms with Crippen LogP contribution in [-0.4, -0.2) is 27.8 Å². The molecule has 1 N–H and O–H groups in total. The monoisotopic (exact) mass is 583 g/mol. The van der Waals surface area contributed by atoms with Gasteiger partial charge < -0.3 is 10.1 Å². The van der Waals surface area contributed by atoms with E-state index in [9.17, 15) is 18.4 Å². The first kappa shape index (κ1) is 27.2. The second-order valence-corrected chi connectivity index (χ2v) is 10.3. The Labute approximate surface area is 230 Å². The van der Waals surface area contributed by atoms with E-state index in [-0.39, 0.29) is 17.9 Å². The van der Waals surface area contributed by atoms with Crippen molar-refractivity contribution < 1.29 is 23.1 Å². The molecule has 37 heavy (non-hydrogen) atoms. The van der Waals surface area contributed by atoms with Gasteiger partial charge in [-0.1, -0.05) is 65.3 Å². The molecule has 1 saturated heterocycles. The Hall–Kier alpha value is -2.85. The quantitative estimate of drug-likeness (QED) is 0.138. The highest BCUT2D eigenvalue weighted by atomic mass is 35.5. The standard InChI is InChI=1S/C25H18Cl3F2N3O3S/c26-16-10-17(27)12-19(11-16)33-22(34)13-21(23(33)35)37-24(31-14-15-4-2-1-3-5-15)32-18-6-8-20(9-7-18)36-25(28,29)30/h1-12,21H,13-14H2,(H,31,32)/t21-/m1/s1. The van der Waals surface area contributed by atoms with E-state index < -0.39 is 22.6 Å². The van der Waals surface area contributed by atoms with Gasteiger partial charge in [0.1, 0.15) is 11.0 Å². The van der Waals surface area contributed by atoms with Crippen LogP contribution < -0.4 is 15.0 Å². The number of amidine groups is 1. The Morgan fingerprint density at radius 1 is 1.05 bits per heavy atom. The van der Waals surface area contributed by atoms with E-state index in [0.717, 1.165) is 22.2 Å². The first-order chi connectivity index (χ1) is 17.6. The van der Waals surface area contributed by atoms with E-state index >= 15 is 0 Å². The van der Waals surface area contributed by atoms with Crippen molar-refractivity contribution in [2.75, 3.05) is 10.2 Å². The highest BCUT2D eigenvalue weighted by molar-refractivity contribution is 8.15. The van der Waals surface area contributed by atoms with Crippen molar-refractivity contribution in [2.45, 2.75) is 23.8 Å². The van der Waals surface area contributed by atoms with Crippen molar-refractivity contribution in [1.29, 1.82) is 0 Å². The van der Waals surface area contributed by atoms with Crippen molar-refractivity contribution >= 4 is 74.9 Å². The fourth-order valence-electron chi connectivity index (χ4n) is 3.49. The molecule has 0 aromatic heterocycles. The third kappa shape index (κ3) is 7.58. The van der Waals surface area contributed by atoms with Crippen LogP contribution in [0.25, 0.3) is 0 Å². The average Bonchev–Trinajstić information content (AvgIpc) is 3.10. The topological polar surface area (TPSA) is 71.0 Å². The van der Waals surface area contributed by atoms with Gasteiger partial charge in [-0.2, -0.15) is 0 Å². The summed E-state index contributed by atoms with van der Waals surface area (Å²) < 4.78 is 30.1. The van der Waals surface area contributed by atoms with E-state index in [1.165, 1.54) is 42.5 Å². The molecular weight excluding hydrogens is 567 g/mol. The summed E-state index contributed by atoms with van der Waals surface area (Å²) in [5, 5.41) is 3.28. The van der Waals surface area contributed by atoms with Crippen LogP contribution in [0.3, 0.4) is 0 Å². The molecule has 12 heteroatoms. The highest BCUT2D eigenvalue weighted by Gasteiger charge is 2.41. The second-order valence-electron chi connectivity index (χ2n) is 7.81. The summed E-state index contributed by atoms with van der Waals surface area (Å²) >= 11 is 18.0. The molecule has 1 fully saturated rings. The van der Waals surface area contributed by atoms with Gasteiger partial charge in [0, 0.05) is 33.8 Å². The molecule has 0 bridgehead atoms. The van der Waals surface area contributed by atoms with Crippen molar-refractivity contribution in [3.05, 3.63) is 88.4 Å². The van der Waals surface area contributed by atoms with Crippen LogP contribution in [0.5, 0.6) is 5.75 Å². The third-order valence-electron chi connectivity index (χ3n) is 5.05. The van der Waals surface area contributed by atoms with Gasteiger partial charge in [-0.25, -0.2) is 4.90 Å². The number of carbonyl (C=O) groups excluding carboxylic acids is 2. The van der Waals surface area contributed by atoms with Crippen molar-refractivity contribution in [1.82, 2.24) is 0 Å². The maximum Gasteiger partial charge on any atom is 0.487 e. The first-order valence-electron chi connectivity index (χ1n) is 10.8. The number of nitrogens with one attached hydrogen (secondary N) is 1. The summed E-state index contributed by atoms with van der Waals surface area (Å²) in [5.74, 6) is -0.962. The summed E-state index contributed by atoms with van der Waals surface area (Å²) in [4.78, 5) is 31.6. The van der Waals surface area contributed by atoms with Crippen LogP contribution in [0.2, 0.25) is 10.0 Å². The lowest BCUT2D eigenvalue weighted by Crippen LogP contribution is -2.31. The smallest absolute Gasteiger partial charge is 0.420 e. The zero-order chi connectivity index (χ0) is 26.6. The van der Waals surface area contributed by atoms with Crippen LogP contribution in [0.15, 0.2) is 77.8 Å². The number of anilines is 2. The molecule has 0 aliphatic carbocycles. The number of alkyl halides is 3. The number of rotatable bonds is 7. The molecule has 2 amide bonds. The molecule has 3 aromatic rings. The number of ether oxygens (including phenoxy) is 1. The van der Waals surface area contributed by atoms with Crippen molar-refractivity contribution in [3.8, 4) is 5.75 Å². The van der Waals surface area contributed by atoms with Crippen LogP contribution in [0.1, 0.15) is 12.0 Å². The fraction of sp³-hybridized carbons (Fsp3) is 0.160. The third-order valence-corrected chi connectivity index (χ3v) is 6.67. The molecule has 192 valence electrons. The minimum absolute atomic E-state index is 0.0583. The molecule has 1 aliphatic rings. The Kier molecular flexibility index (Phi) is 8.59. The molecular formula is C25H18Cl3F2N3O3S. The first-order valence-corrected chi connectivity index (χ1v) is 12.8. The van der Waals surface area contributed by atoms with Gasteiger partial charge in [-0.05, 0) is 48.0 Å². The predicted octanol–water partition coefficient (Wildman–Crippen LogP) is 7.19. The number of carbonyl (C=O) groups is 2. The van der Waals surface area contributed by atoms with E-state index in [4.69, 9.17) is 34.8 Å². The largest absolute Gasteiger partial charge is 0.487 e. The summed E-state index contributed by atoms with van der Waals surface area (Å²) in [6.45, 7) is 0.304. The number of hydrogen-bond donors (Lipinski definition) is 1. The van der Waals surface area contributed by atoms with Gasteiger partial charge in [0.2, 0.25) is 11.8 Å². The van der Waals surface area contributed by atoms with Gasteiger partial charge in [0.05, 0.1) is 12.2 Å². The molecule has 0 spiro atoms. The Morgan fingerprint density at radius 3 is 2.32 bits per heavy atom. The number of imide groups is 1. The number of halogens is 5. The molecule has 0 radical (unpaired) electrons. The van der Waals surface area contributed by atoms with Gasteiger partial charge in [-0.3, -0.25) is 14.6 Å². The molecule has 1 aliphatic heterocycles. The Morgan fingerprint density at radius 2 is 1.70 bits per heavy atom. The van der Waals surface area contributed by atoms with Gasteiger partial charge >= 0.3 is 5.57 Å². The SMILES string of the molecule is O=C1C[C@@H](SC(=NCc2ccccc2)Nc2ccc(OC(F)(F)Cl)cc2)C(=O)N1c1cc(Cl)cc(Cl)c1. The lowest BCUT2D eigenvalue weighted by atomic mass is 10.2. The molecule has 0 saturated carbocycles. The number of benzene rings is 3. The zero-order valence-corrected chi connectivity index (χ0v) is 21.9. The Balaban J connectivity index is 1.54. The molecule has 3 aromatic carbocycles. The number of nitrogens with zero attached hydrogens (tertiary/aromatic N) is 2. The van der Waals surface area contributed by atoms with Crippen LogP contribution in [0.4, 0.5) is 20.2 Å². The number of hydrogen-bond acceptors (Lipinski definition) is 5. The fourth-order valence-corrected chi connectivity index (χ4v) is 5.11. The summed E-state index contributed by atoms with van der Waals surface area (Å²) in [5.41, 5.74) is -2.11. The lowest BCUT2D eigenvalue weighted by Gasteiger charge is -2.17. The minimum atomic E-state index is -3.83. The van der Waals surface area contributed by atoms with Gasteiger partial charge in [0.25, 0.3) is 0 Å². The maximum absolute atomic E-state index is 13.2. The second kappa shape index (κ2) is 11.7. The maximum atomic E-state index is 13.2. The van der Waals surface area contributed by atoms with E-state index in [1.807, 2.05) is 30.3 Å². The number of aliphatic imine (C=N–C) groups is 1. The molecule has 4 rings (SSSR count). The van der Waals surface area contributed by atoms with Crippen LogP contribution >= 0.6 is 46.6 Å². The highest BCUT2D eigenvalue weighted by Crippen LogP contribution is 2.34. The van der Waals surface area contributed by atoms with Crippen LogP contribution in [-0.2, 0) is 16.1 Å². The minimum Gasteiger partial charge on any atom is -0.420 e.